The van der Waals surface area contributed by atoms with E-state index in [9.17, 15) is 19.4 Å². The first kappa shape index (κ1) is 43.0. The second kappa shape index (κ2) is 28.2. The van der Waals surface area contributed by atoms with Gasteiger partial charge in [0.05, 0.1) is 39.9 Å². The first-order chi connectivity index (χ1) is 21.0. The van der Waals surface area contributed by atoms with Crippen molar-refractivity contribution in [1.29, 1.82) is 0 Å². The molecular formula is C35H70N2O6P+. The van der Waals surface area contributed by atoms with Gasteiger partial charge in [0.25, 0.3) is 0 Å². The van der Waals surface area contributed by atoms with Crippen LogP contribution in [0.1, 0.15) is 142 Å². The fourth-order valence-corrected chi connectivity index (χ4v) is 5.54. The molecule has 0 aliphatic carbocycles. The molecule has 0 aromatic heterocycles. The maximum atomic E-state index is 12.7. The van der Waals surface area contributed by atoms with Gasteiger partial charge in [-0.2, -0.15) is 0 Å². The van der Waals surface area contributed by atoms with Gasteiger partial charge in [-0.1, -0.05) is 141 Å². The van der Waals surface area contributed by atoms with Crippen molar-refractivity contribution in [1.82, 2.24) is 5.32 Å². The summed E-state index contributed by atoms with van der Waals surface area (Å²) in [6, 6.07) is -0.870. The number of likely N-dealkylation sites (N-methyl/N-ethyl adjacent to an activating group) is 1. The first-order valence-electron chi connectivity index (χ1n) is 17.7. The number of nitrogens with zero attached hydrogens (tertiary/aromatic N) is 1. The van der Waals surface area contributed by atoms with E-state index in [-0.39, 0.29) is 19.1 Å². The number of phosphoric ester groups is 1. The van der Waals surface area contributed by atoms with Gasteiger partial charge in [-0.3, -0.25) is 13.8 Å². The van der Waals surface area contributed by atoms with E-state index in [1.54, 1.807) is 12.2 Å². The van der Waals surface area contributed by atoms with Gasteiger partial charge >= 0.3 is 7.82 Å². The van der Waals surface area contributed by atoms with E-state index in [4.69, 9.17) is 9.05 Å². The lowest BCUT2D eigenvalue weighted by Gasteiger charge is -2.25. The lowest BCUT2D eigenvalue weighted by molar-refractivity contribution is -0.870. The number of allylic oxidation sites excluding steroid dienone is 3. The highest BCUT2D eigenvalue weighted by Crippen LogP contribution is 2.43. The fraction of sp³-hybridized carbons (Fsp3) is 0.857. The van der Waals surface area contributed by atoms with E-state index in [0.717, 1.165) is 32.1 Å². The molecule has 0 spiro atoms. The van der Waals surface area contributed by atoms with Crippen LogP contribution >= 0.6 is 7.82 Å². The number of amides is 1. The maximum Gasteiger partial charge on any atom is 0.472 e. The molecule has 0 bridgehead atoms. The predicted octanol–water partition coefficient (Wildman–Crippen LogP) is 8.63. The normalized spacial score (nSPS) is 15.2. The number of phosphoric acid groups is 1. The number of aliphatic hydroxyl groups excluding tert-OH is 1. The third-order valence-corrected chi connectivity index (χ3v) is 8.71. The molecule has 8 nitrogen and oxygen atoms in total. The third kappa shape index (κ3) is 29.7. The number of hydrogen-bond donors (Lipinski definition) is 3. The molecule has 260 valence electrons. The quantitative estimate of drug-likeness (QED) is 0.0302. The number of rotatable bonds is 31. The highest BCUT2D eigenvalue weighted by atomic mass is 31.2. The maximum absolute atomic E-state index is 12.7. The predicted molar refractivity (Wildman–Crippen MR) is 185 cm³/mol. The van der Waals surface area contributed by atoms with Crippen molar-refractivity contribution in [2.24, 2.45) is 0 Å². The Bertz CT molecular complexity index is 784. The molecule has 1 amide bonds. The number of unbranched alkanes of at least 4 members (excludes halogenated alkanes) is 17. The zero-order chi connectivity index (χ0) is 32.9. The van der Waals surface area contributed by atoms with Crippen LogP contribution in [0.15, 0.2) is 24.3 Å². The summed E-state index contributed by atoms with van der Waals surface area (Å²) in [5.74, 6) is -0.199. The molecule has 0 aromatic rings. The van der Waals surface area contributed by atoms with Gasteiger partial charge in [0.1, 0.15) is 13.2 Å². The Morgan fingerprint density at radius 1 is 0.773 bits per heavy atom. The van der Waals surface area contributed by atoms with Crippen LogP contribution in [0, 0.1) is 0 Å². The van der Waals surface area contributed by atoms with Crippen molar-refractivity contribution in [3.8, 4) is 0 Å². The Kier molecular flexibility index (Phi) is 27.6. The number of quaternary nitrogens is 1. The van der Waals surface area contributed by atoms with Crippen LogP contribution in [0.5, 0.6) is 0 Å². The Labute approximate surface area is 271 Å². The molecule has 0 saturated carbocycles. The van der Waals surface area contributed by atoms with Crippen LogP contribution < -0.4 is 5.32 Å². The Balaban J connectivity index is 4.64. The lowest BCUT2D eigenvalue weighted by Crippen LogP contribution is -2.45. The summed E-state index contributed by atoms with van der Waals surface area (Å²) in [5.41, 5.74) is 0. The molecule has 0 rings (SSSR count). The average Bonchev–Trinajstić information content (AvgIpc) is 2.95. The highest BCUT2D eigenvalue weighted by molar-refractivity contribution is 7.47. The van der Waals surface area contributed by atoms with Gasteiger partial charge in [-0.15, -0.1) is 0 Å². The Morgan fingerprint density at radius 3 is 1.80 bits per heavy atom. The first-order valence-corrected chi connectivity index (χ1v) is 19.2. The van der Waals surface area contributed by atoms with Gasteiger partial charge in [-0.05, 0) is 19.3 Å². The van der Waals surface area contributed by atoms with Gasteiger partial charge in [-0.25, -0.2) is 4.57 Å². The minimum atomic E-state index is -4.33. The second-order valence-electron chi connectivity index (χ2n) is 13.3. The molecule has 3 atom stereocenters. The molecule has 0 radical (unpaired) electrons. The van der Waals surface area contributed by atoms with Crippen LogP contribution in [0.4, 0.5) is 0 Å². The van der Waals surface area contributed by atoms with Gasteiger partial charge in [0, 0.05) is 6.42 Å². The zero-order valence-electron chi connectivity index (χ0n) is 29.1. The Morgan fingerprint density at radius 2 is 1.27 bits per heavy atom. The molecule has 9 heteroatoms. The van der Waals surface area contributed by atoms with Crippen molar-refractivity contribution in [2.45, 2.75) is 154 Å². The van der Waals surface area contributed by atoms with Crippen molar-refractivity contribution >= 4 is 13.7 Å². The van der Waals surface area contributed by atoms with Crippen molar-refractivity contribution in [2.75, 3.05) is 40.9 Å². The standard InChI is InChI=1S/C35H69N2O6P/c1-6-8-10-12-14-16-18-19-21-23-25-27-29-35(39)36-33(32-43-44(40,41)42-31-30-37(3,4)5)34(38)28-26-24-22-20-17-15-13-11-9-7-2/h22,24,26,28,33-34,38H,6-21,23,25,27,29-32H2,1-5H3,(H-,36,39,40,41)/p+1/b24-22+,28-26+/t33-,34+/m0/s1. The van der Waals surface area contributed by atoms with Crippen LogP contribution in [0.2, 0.25) is 0 Å². The van der Waals surface area contributed by atoms with E-state index in [1.807, 2.05) is 27.2 Å². The lowest BCUT2D eigenvalue weighted by atomic mass is 10.0. The Hall–Kier alpha value is -1.02. The number of carbonyl (C=O) groups is 1. The molecule has 1 unspecified atom stereocenters. The molecule has 0 heterocycles. The minimum absolute atomic E-state index is 0.0547. The molecule has 0 aromatic carbocycles. The molecule has 0 saturated heterocycles. The van der Waals surface area contributed by atoms with Crippen LogP contribution in [0.3, 0.4) is 0 Å². The largest absolute Gasteiger partial charge is 0.472 e. The van der Waals surface area contributed by atoms with Gasteiger partial charge < -0.3 is 19.8 Å². The third-order valence-electron chi connectivity index (χ3n) is 7.73. The summed E-state index contributed by atoms with van der Waals surface area (Å²) in [6.45, 7) is 4.71. The minimum Gasteiger partial charge on any atom is -0.387 e. The SMILES string of the molecule is CCCCCCCC/C=C/C=C/[C@@H](O)[C@H](COP(=O)(O)OCC[N+](C)(C)C)NC(=O)CCCCCCCCCCCCCC. The number of aliphatic hydroxyl groups is 1. The number of hydrogen-bond acceptors (Lipinski definition) is 5. The average molecular weight is 646 g/mol. The monoisotopic (exact) mass is 645 g/mol. The topological polar surface area (TPSA) is 105 Å². The van der Waals surface area contributed by atoms with Crippen molar-refractivity contribution < 1.29 is 32.9 Å². The second-order valence-corrected chi connectivity index (χ2v) is 14.7. The molecule has 0 aliphatic rings. The van der Waals surface area contributed by atoms with E-state index < -0.39 is 20.0 Å². The molecule has 0 aliphatic heterocycles. The molecule has 3 N–H and O–H groups in total. The van der Waals surface area contributed by atoms with Crippen molar-refractivity contribution in [3.63, 3.8) is 0 Å². The zero-order valence-corrected chi connectivity index (χ0v) is 30.0. The summed E-state index contributed by atoms with van der Waals surface area (Å²) in [6.07, 6.45) is 29.7. The van der Waals surface area contributed by atoms with E-state index in [2.05, 4.69) is 25.2 Å². The van der Waals surface area contributed by atoms with E-state index in [0.29, 0.717) is 17.4 Å². The summed E-state index contributed by atoms with van der Waals surface area (Å²) >= 11 is 0. The van der Waals surface area contributed by atoms with E-state index >= 15 is 0 Å². The van der Waals surface area contributed by atoms with Crippen molar-refractivity contribution in [3.05, 3.63) is 24.3 Å². The summed E-state index contributed by atoms with van der Waals surface area (Å²) in [5, 5.41) is 13.6. The summed E-state index contributed by atoms with van der Waals surface area (Å²) < 4.78 is 23.3. The number of nitrogens with one attached hydrogen (secondary N) is 1. The molecular weight excluding hydrogens is 575 g/mol. The smallest absolute Gasteiger partial charge is 0.387 e. The van der Waals surface area contributed by atoms with Crippen LogP contribution in [0.25, 0.3) is 0 Å². The molecule has 44 heavy (non-hydrogen) atoms. The van der Waals surface area contributed by atoms with Gasteiger partial charge in [0.15, 0.2) is 0 Å². The number of carbonyl (C=O) groups excluding carboxylic acids is 1. The molecule has 0 fully saturated rings. The van der Waals surface area contributed by atoms with Crippen LogP contribution in [-0.4, -0.2) is 73.4 Å². The highest BCUT2D eigenvalue weighted by Gasteiger charge is 2.27. The van der Waals surface area contributed by atoms with E-state index in [1.165, 1.54) is 89.9 Å². The summed E-state index contributed by atoms with van der Waals surface area (Å²) in [7, 11) is 1.54. The summed E-state index contributed by atoms with van der Waals surface area (Å²) in [4.78, 5) is 22.9. The van der Waals surface area contributed by atoms with Crippen LogP contribution in [-0.2, 0) is 18.4 Å². The van der Waals surface area contributed by atoms with Gasteiger partial charge in [0.2, 0.25) is 5.91 Å². The fourth-order valence-electron chi connectivity index (χ4n) is 4.80.